The lowest BCUT2D eigenvalue weighted by Gasteiger charge is -2.26. The Hall–Kier alpha value is -1.29. The Morgan fingerprint density at radius 1 is 1.35 bits per heavy atom. The van der Waals surface area contributed by atoms with Crippen LogP contribution in [0.2, 0.25) is 5.02 Å². The van der Waals surface area contributed by atoms with Crippen LogP contribution in [0.1, 0.15) is 11.3 Å². The summed E-state index contributed by atoms with van der Waals surface area (Å²) < 4.78 is 27.6. The summed E-state index contributed by atoms with van der Waals surface area (Å²) in [7, 11) is -3.79. The molecule has 1 amide bonds. The number of aromatic nitrogens is 1. The van der Waals surface area contributed by atoms with Gasteiger partial charge in [0, 0.05) is 35.0 Å². The van der Waals surface area contributed by atoms with Crippen LogP contribution in [0.4, 0.5) is 5.13 Å². The number of sulfonamides is 1. The summed E-state index contributed by atoms with van der Waals surface area (Å²) in [5, 5.41) is 2.33. The first kappa shape index (κ1) is 19.5. The third kappa shape index (κ3) is 4.51. The van der Waals surface area contributed by atoms with Crippen LogP contribution in [0, 0.1) is 6.92 Å². The fourth-order valence-electron chi connectivity index (χ4n) is 2.56. The van der Waals surface area contributed by atoms with Crippen LogP contribution in [-0.4, -0.2) is 48.8 Å². The van der Waals surface area contributed by atoms with Gasteiger partial charge in [-0.3, -0.25) is 9.52 Å². The lowest BCUT2D eigenvalue weighted by molar-refractivity contribution is -0.130. The fourth-order valence-corrected chi connectivity index (χ4v) is 5.93. The third-order valence-electron chi connectivity index (χ3n) is 3.98. The van der Waals surface area contributed by atoms with Crippen LogP contribution < -0.4 is 4.72 Å². The molecule has 1 saturated heterocycles. The molecule has 1 aliphatic heterocycles. The number of carbonyl (C=O) groups excluding carboxylic acids is 1. The van der Waals surface area contributed by atoms with Crippen molar-refractivity contribution >= 4 is 55.8 Å². The number of carbonyl (C=O) groups is 1. The van der Waals surface area contributed by atoms with Crippen molar-refractivity contribution in [1.29, 1.82) is 0 Å². The van der Waals surface area contributed by atoms with E-state index in [2.05, 4.69) is 9.71 Å². The number of amides is 1. The Morgan fingerprint density at radius 2 is 2.08 bits per heavy atom. The number of hydrogen-bond acceptors (Lipinski definition) is 6. The Bertz CT molecular complexity index is 908. The monoisotopic (exact) mass is 431 g/mol. The predicted molar refractivity (Wildman–Crippen MR) is 107 cm³/mol. The van der Waals surface area contributed by atoms with Gasteiger partial charge in [0.15, 0.2) is 5.13 Å². The third-order valence-corrected chi connectivity index (χ3v) is 7.75. The topological polar surface area (TPSA) is 79.4 Å². The Morgan fingerprint density at radius 3 is 2.81 bits per heavy atom. The first-order valence-corrected chi connectivity index (χ1v) is 11.8. The standard InChI is InChI=1S/C16H18ClN3O3S3/c1-11-13(17)3-2-4-14(11)26(22,23)19-16-18-12(10-25-16)9-15(21)20-5-7-24-8-6-20/h2-4,10H,5-9H2,1H3,(H,18,19). The molecule has 0 aliphatic carbocycles. The first-order chi connectivity index (χ1) is 12.4. The van der Waals surface area contributed by atoms with Gasteiger partial charge in [-0.15, -0.1) is 11.3 Å². The van der Waals surface area contributed by atoms with E-state index in [0.29, 0.717) is 16.3 Å². The average molecular weight is 432 g/mol. The molecular formula is C16H18ClN3O3S3. The van der Waals surface area contributed by atoms with Gasteiger partial charge in [-0.1, -0.05) is 17.7 Å². The molecule has 0 saturated carbocycles. The summed E-state index contributed by atoms with van der Waals surface area (Å²) in [4.78, 5) is 18.5. The number of rotatable bonds is 5. The second-order valence-electron chi connectivity index (χ2n) is 5.78. The van der Waals surface area contributed by atoms with Crippen LogP contribution in [0.5, 0.6) is 0 Å². The van der Waals surface area contributed by atoms with Gasteiger partial charge >= 0.3 is 0 Å². The summed E-state index contributed by atoms with van der Waals surface area (Å²) >= 11 is 9.01. The molecule has 1 aromatic carbocycles. The molecule has 1 aromatic heterocycles. The van der Waals surface area contributed by atoms with E-state index in [1.54, 1.807) is 24.4 Å². The summed E-state index contributed by atoms with van der Waals surface area (Å²) in [6, 6.07) is 4.73. The smallest absolute Gasteiger partial charge is 0.263 e. The first-order valence-electron chi connectivity index (χ1n) is 7.94. The molecule has 1 fully saturated rings. The van der Waals surface area contributed by atoms with Crippen molar-refractivity contribution in [3.63, 3.8) is 0 Å². The SMILES string of the molecule is Cc1c(Cl)cccc1S(=O)(=O)Nc1nc(CC(=O)N2CCSCC2)cs1. The van der Waals surface area contributed by atoms with Gasteiger partial charge in [0.1, 0.15) is 0 Å². The number of thiazole rings is 1. The highest BCUT2D eigenvalue weighted by atomic mass is 35.5. The van der Waals surface area contributed by atoms with Crippen LogP contribution in [0.25, 0.3) is 0 Å². The fraction of sp³-hybridized carbons (Fsp3) is 0.375. The molecule has 140 valence electrons. The molecule has 0 bridgehead atoms. The minimum absolute atomic E-state index is 0.0238. The zero-order chi connectivity index (χ0) is 18.7. The van der Waals surface area contributed by atoms with E-state index in [0.717, 1.165) is 35.9 Å². The van der Waals surface area contributed by atoms with E-state index in [4.69, 9.17) is 11.6 Å². The number of benzene rings is 1. The molecule has 2 aromatic rings. The molecule has 2 heterocycles. The molecule has 0 atom stereocenters. The highest BCUT2D eigenvalue weighted by Crippen LogP contribution is 2.26. The van der Waals surface area contributed by atoms with E-state index >= 15 is 0 Å². The second kappa shape index (κ2) is 8.16. The molecule has 10 heteroatoms. The maximum atomic E-state index is 12.6. The van der Waals surface area contributed by atoms with Gasteiger partial charge in [-0.25, -0.2) is 13.4 Å². The van der Waals surface area contributed by atoms with E-state index in [1.165, 1.54) is 6.07 Å². The number of anilines is 1. The maximum absolute atomic E-state index is 12.6. The van der Waals surface area contributed by atoms with E-state index in [-0.39, 0.29) is 22.4 Å². The van der Waals surface area contributed by atoms with Gasteiger partial charge in [0.2, 0.25) is 5.91 Å². The van der Waals surface area contributed by atoms with Crippen LogP contribution in [0.3, 0.4) is 0 Å². The van der Waals surface area contributed by atoms with Crippen molar-refractivity contribution in [1.82, 2.24) is 9.88 Å². The van der Waals surface area contributed by atoms with Gasteiger partial charge < -0.3 is 4.90 Å². The zero-order valence-electron chi connectivity index (χ0n) is 14.1. The number of nitrogens with one attached hydrogen (secondary N) is 1. The van der Waals surface area contributed by atoms with Crippen molar-refractivity contribution in [3.8, 4) is 0 Å². The summed E-state index contributed by atoms with van der Waals surface area (Å²) in [6.07, 6.45) is 0.180. The number of thioether (sulfide) groups is 1. The van der Waals surface area contributed by atoms with Crippen LogP contribution >= 0.6 is 34.7 Å². The van der Waals surface area contributed by atoms with E-state index in [9.17, 15) is 13.2 Å². The van der Waals surface area contributed by atoms with Crippen molar-refractivity contribution in [2.45, 2.75) is 18.2 Å². The highest BCUT2D eigenvalue weighted by molar-refractivity contribution is 7.99. The van der Waals surface area contributed by atoms with Crippen molar-refractivity contribution in [2.75, 3.05) is 29.3 Å². The summed E-state index contributed by atoms with van der Waals surface area (Å²) in [5.41, 5.74) is 1.05. The van der Waals surface area contributed by atoms with Gasteiger partial charge in [0.05, 0.1) is 17.0 Å². The second-order valence-corrected chi connectivity index (χ2v) is 9.92. The maximum Gasteiger partial charge on any atom is 0.263 e. The zero-order valence-corrected chi connectivity index (χ0v) is 17.3. The Kier molecular flexibility index (Phi) is 6.11. The van der Waals surface area contributed by atoms with Gasteiger partial charge in [0.25, 0.3) is 10.0 Å². The van der Waals surface area contributed by atoms with Gasteiger partial charge in [-0.2, -0.15) is 11.8 Å². The Labute approximate surface area is 166 Å². The molecule has 26 heavy (non-hydrogen) atoms. The molecule has 0 spiro atoms. The molecule has 0 unspecified atom stereocenters. The van der Waals surface area contributed by atoms with Gasteiger partial charge in [-0.05, 0) is 24.6 Å². The number of hydrogen-bond donors (Lipinski definition) is 1. The van der Waals surface area contributed by atoms with E-state index in [1.807, 2.05) is 16.7 Å². The molecule has 1 aliphatic rings. The molecule has 6 nitrogen and oxygen atoms in total. The number of nitrogens with zero attached hydrogens (tertiary/aromatic N) is 2. The van der Waals surface area contributed by atoms with E-state index < -0.39 is 10.0 Å². The van der Waals surface area contributed by atoms with Crippen LogP contribution in [-0.2, 0) is 21.2 Å². The quantitative estimate of drug-likeness (QED) is 0.787. The summed E-state index contributed by atoms with van der Waals surface area (Å²) in [6.45, 7) is 3.15. The predicted octanol–water partition coefficient (Wildman–Crippen LogP) is 3.02. The Balaban J connectivity index is 1.69. The van der Waals surface area contributed by atoms with Crippen molar-refractivity contribution in [2.24, 2.45) is 0 Å². The highest BCUT2D eigenvalue weighted by Gasteiger charge is 2.21. The number of halogens is 1. The molecule has 1 N–H and O–H groups in total. The largest absolute Gasteiger partial charge is 0.341 e. The minimum atomic E-state index is -3.79. The lowest BCUT2D eigenvalue weighted by atomic mass is 10.2. The summed E-state index contributed by atoms with van der Waals surface area (Å²) in [5.74, 6) is 1.93. The molecule has 0 radical (unpaired) electrons. The minimum Gasteiger partial charge on any atom is -0.341 e. The van der Waals surface area contributed by atoms with Crippen molar-refractivity contribution in [3.05, 3.63) is 39.9 Å². The average Bonchev–Trinajstić information content (AvgIpc) is 3.04. The van der Waals surface area contributed by atoms with Crippen molar-refractivity contribution < 1.29 is 13.2 Å². The normalized spacial score (nSPS) is 15.1. The molecular weight excluding hydrogens is 414 g/mol. The van der Waals surface area contributed by atoms with Crippen LogP contribution in [0.15, 0.2) is 28.5 Å². The lowest BCUT2D eigenvalue weighted by Crippen LogP contribution is -2.38. The molecule has 3 rings (SSSR count).